The fourth-order valence-electron chi connectivity index (χ4n) is 3.01. The quantitative estimate of drug-likeness (QED) is 0.710. The van der Waals surface area contributed by atoms with Crippen LogP contribution < -0.4 is 5.32 Å². The summed E-state index contributed by atoms with van der Waals surface area (Å²) in [5, 5.41) is 18.0. The number of amides is 1. The number of carbonyl (C=O) groups excluding carboxylic acids is 1. The molecule has 0 saturated carbocycles. The van der Waals surface area contributed by atoms with E-state index in [9.17, 15) is 14.7 Å². The first kappa shape index (κ1) is 17.7. The predicted molar refractivity (Wildman–Crippen MR) is 96.8 cm³/mol. The van der Waals surface area contributed by atoms with Crippen LogP contribution in [0.4, 0.5) is 0 Å². The van der Waals surface area contributed by atoms with Crippen LogP contribution in [0.15, 0.2) is 47.0 Å². The number of nitrogens with zero attached hydrogens (tertiary/aromatic N) is 1. The highest BCUT2D eigenvalue weighted by atomic mass is 16.5. The third-order valence-corrected chi connectivity index (χ3v) is 4.41. The van der Waals surface area contributed by atoms with Crippen LogP contribution >= 0.6 is 0 Å². The number of aromatic nitrogens is 1. The Hall–Kier alpha value is -3.15. The van der Waals surface area contributed by atoms with Gasteiger partial charge in [-0.2, -0.15) is 0 Å². The zero-order valence-corrected chi connectivity index (χ0v) is 14.7. The second-order valence-electron chi connectivity index (χ2n) is 6.30. The minimum atomic E-state index is -0.971. The fraction of sp³-hybridized carbons (Fsp3) is 0.250. The topological polar surface area (TPSA) is 92.4 Å². The van der Waals surface area contributed by atoms with Gasteiger partial charge in [-0.1, -0.05) is 41.6 Å². The highest BCUT2D eigenvalue weighted by Crippen LogP contribution is 2.23. The van der Waals surface area contributed by atoms with Crippen molar-refractivity contribution in [2.45, 2.75) is 32.7 Å². The Labute approximate surface area is 150 Å². The zero-order valence-electron chi connectivity index (χ0n) is 14.7. The van der Waals surface area contributed by atoms with Crippen molar-refractivity contribution in [3.05, 3.63) is 65.0 Å². The number of carbonyl (C=O) groups is 2. The lowest BCUT2D eigenvalue weighted by atomic mass is 9.99. The van der Waals surface area contributed by atoms with E-state index in [1.807, 2.05) is 42.5 Å². The average Bonchev–Trinajstić information content (AvgIpc) is 2.92. The van der Waals surface area contributed by atoms with Crippen molar-refractivity contribution in [1.29, 1.82) is 0 Å². The van der Waals surface area contributed by atoms with Crippen LogP contribution in [0.5, 0.6) is 0 Å². The monoisotopic (exact) mass is 352 g/mol. The van der Waals surface area contributed by atoms with Crippen molar-refractivity contribution in [3.63, 3.8) is 0 Å². The highest BCUT2D eigenvalue weighted by Gasteiger charge is 2.20. The van der Waals surface area contributed by atoms with Crippen molar-refractivity contribution in [1.82, 2.24) is 10.5 Å². The molecule has 1 aromatic heterocycles. The Kier molecular flexibility index (Phi) is 5.02. The van der Waals surface area contributed by atoms with E-state index >= 15 is 0 Å². The third-order valence-electron chi connectivity index (χ3n) is 4.41. The number of nitrogens with one attached hydrogen (secondary N) is 1. The molecule has 0 saturated heterocycles. The number of hydrogen-bond acceptors (Lipinski definition) is 4. The van der Waals surface area contributed by atoms with Gasteiger partial charge < -0.3 is 14.9 Å². The molecule has 0 unspecified atom stereocenters. The van der Waals surface area contributed by atoms with Gasteiger partial charge in [0.25, 0.3) is 0 Å². The van der Waals surface area contributed by atoms with Crippen LogP contribution in [-0.4, -0.2) is 22.1 Å². The molecule has 6 nitrogen and oxygen atoms in total. The maximum absolute atomic E-state index is 12.5. The lowest BCUT2D eigenvalue weighted by molar-refractivity contribution is -0.137. The largest absolute Gasteiger partial charge is 0.481 e. The molecular weight excluding hydrogens is 332 g/mol. The van der Waals surface area contributed by atoms with Crippen LogP contribution in [0.1, 0.15) is 35.0 Å². The molecule has 2 aromatic carbocycles. The Balaban J connectivity index is 1.83. The number of carboxylic acid groups (broad SMARTS) is 1. The second kappa shape index (κ2) is 7.39. The first-order valence-electron chi connectivity index (χ1n) is 8.35. The molecule has 26 heavy (non-hydrogen) atoms. The van der Waals surface area contributed by atoms with E-state index in [0.717, 1.165) is 21.9 Å². The number of hydrogen-bond donors (Lipinski definition) is 2. The Bertz CT molecular complexity index is 942. The molecule has 0 aliphatic rings. The SMILES string of the molecule is Cc1noc(C)c1CC(=O)N[C@@H](CC(=O)O)c1ccc2ccccc2c1. The summed E-state index contributed by atoms with van der Waals surface area (Å²) >= 11 is 0. The van der Waals surface area contributed by atoms with Crippen molar-refractivity contribution in [2.75, 3.05) is 0 Å². The van der Waals surface area contributed by atoms with Crippen molar-refractivity contribution in [3.8, 4) is 0 Å². The van der Waals surface area contributed by atoms with Crippen molar-refractivity contribution < 1.29 is 19.2 Å². The number of rotatable bonds is 6. The fourth-order valence-corrected chi connectivity index (χ4v) is 3.01. The van der Waals surface area contributed by atoms with Gasteiger partial charge in [0, 0.05) is 5.56 Å². The standard InChI is InChI=1S/C20H20N2O4/c1-12-17(13(2)26-22-12)10-19(23)21-18(11-20(24)25)16-8-7-14-5-3-4-6-15(14)9-16/h3-9,18H,10-11H2,1-2H3,(H,21,23)(H,24,25)/t18-/m0/s1. The molecule has 3 rings (SSSR count). The number of carboxylic acids is 1. The lowest BCUT2D eigenvalue weighted by Crippen LogP contribution is -2.31. The first-order valence-corrected chi connectivity index (χ1v) is 8.35. The van der Waals surface area contributed by atoms with Gasteiger partial charge in [0.2, 0.25) is 5.91 Å². The molecular formula is C20H20N2O4. The van der Waals surface area contributed by atoms with Gasteiger partial charge in [-0.15, -0.1) is 0 Å². The summed E-state index contributed by atoms with van der Waals surface area (Å²) in [6.45, 7) is 3.53. The van der Waals surface area contributed by atoms with Gasteiger partial charge in [0.1, 0.15) is 5.76 Å². The van der Waals surface area contributed by atoms with Crippen LogP contribution in [-0.2, 0) is 16.0 Å². The van der Waals surface area contributed by atoms with Crippen LogP contribution in [0.3, 0.4) is 0 Å². The van der Waals surface area contributed by atoms with E-state index in [4.69, 9.17) is 4.52 Å². The number of aryl methyl sites for hydroxylation is 2. The minimum absolute atomic E-state index is 0.102. The third kappa shape index (κ3) is 3.91. The number of fused-ring (bicyclic) bond motifs is 1. The van der Waals surface area contributed by atoms with Crippen molar-refractivity contribution >= 4 is 22.6 Å². The molecule has 1 heterocycles. The Morgan fingerprint density at radius 3 is 2.54 bits per heavy atom. The number of aliphatic carboxylic acids is 1. The Morgan fingerprint density at radius 1 is 1.15 bits per heavy atom. The molecule has 134 valence electrons. The van der Waals surface area contributed by atoms with Crippen LogP contribution in [0.2, 0.25) is 0 Å². The van der Waals surface area contributed by atoms with Gasteiger partial charge in [0.05, 0.1) is 24.6 Å². The van der Waals surface area contributed by atoms with Crippen LogP contribution in [0.25, 0.3) is 10.8 Å². The predicted octanol–water partition coefficient (Wildman–Crippen LogP) is 3.32. The van der Waals surface area contributed by atoms with E-state index in [2.05, 4.69) is 10.5 Å². The van der Waals surface area contributed by atoms with Gasteiger partial charge >= 0.3 is 5.97 Å². The molecule has 3 aromatic rings. The zero-order chi connectivity index (χ0) is 18.7. The summed E-state index contributed by atoms with van der Waals surface area (Å²) in [7, 11) is 0. The molecule has 0 aliphatic carbocycles. The molecule has 2 N–H and O–H groups in total. The first-order chi connectivity index (χ1) is 12.4. The normalized spacial score (nSPS) is 12.1. The molecule has 1 atom stereocenters. The van der Waals surface area contributed by atoms with E-state index in [1.54, 1.807) is 13.8 Å². The second-order valence-corrected chi connectivity index (χ2v) is 6.30. The summed E-state index contributed by atoms with van der Waals surface area (Å²) in [6.07, 6.45) is -0.0868. The molecule has 1 amide bonds. The lowest BCUT2D eigenvalue weighted by Gasteiger charge is -2.18. The highest BCUT2D eigenvalue weighted by molar-refractivity contribution is 5.84. The summed E-state index contributed by atoms with van der Waals surface area (Å²) in [6, 6.07) is 12.9. The summed E-state index contributed by atoms with van der Waals surface area (Å²) in [5.74, 6) is -0.641. The van der Waals surface area contributed by atoms with Gasteiger partial charge in [-0.25, -0.2) is 0 Å². The van der Waals surface area contributed by atoms with Gasteiger partial charge in [0.15, 0.2) is 0 Å². The molecule has 0 radical (unpaired) electrons. The van der Waals surface area contributed by atoms with Gasteiger partial charge in [-0.3, -0.25) is 9.59 Å². The van der Waals surface area contributed by atoms with Crippen molar-refractivity contribution in [2.24, 2.45) is 0 Å². The minimum Gasteiger partial charge on any atom is -0.481 e. The molecule has 6 heteroatoms. The van der Waals surface area contributed by atoms with E-state index < -0.39 is 12.0 Å². The summed E-state index contributed by atoms with van der Waals surface area (Å²) < 4.78 is 5.07. The number of benzene rings is 2. The van der Waals surface area contributed by atoms with Crippen LogP contribution in [0, 0.1) is 13.8 Å². The maximum Gasteiger partial charge on any atom is 0.305 e. The maximum atomic E-state index is 12.5. The van der Waals surface area contributed by atoms with Gasteiger partial charge in [-0.05, 0) is 36.2 Å². The molecule has 0 aliphatic heterocycles. The van der Waals surface area contributed by atoms with E-state index in [1.165, 1.54) is 0 Å². The average molecular weight is 352 g/mol. The molecule has 0 bridgehead atoms. The van der Waals surface area contributed by atoms with E-state index in [0.29, 0.717) is 11.5 Å². The Morgan fingerprint density at radius 2 is 1.88 bits per heavy atom. The smallest absolute Gasteiger partial charge is 0.305 e. The molecule has 0 spiro atoms. The summed E-state index contributed by atoms with van der Waals surface area (Å²) in [4.78, 5) is 23.7. The summed E-state index contributed by atoms with van der Waals surface area (Å²) in [5.41, 5.74) is 2.16. The van der Waals surface area contributed by atoms with E-state index in [-0.39, 0.29) is 18.7 Å². The molecule has 0 fully saturated rings.